The molecule has 5 N–H and O–H groups in total. The summed E-state index contributed by atoms with van der Waals surface area (Å²) in [7, 11) is 0. The van der Waals surface area contributed by atoms with Gasteiger partial charge in [-0.25, -0.2) is 0 Å². The molecular weight excluding hydrogens is 464 g/mol. The second-order valence-electron chi connectivity index (χ2n) is 9.93. The third kappa shape index (κ3) is 3.58. The SMILES string of the molecule is NC(=O)C1C(=O)C[C@@H]2C[C@@H]3Cc4c(CNCc5ccccc5)ccc(O)c4C(=O)C3C(=O)[C@]2(O)C1=O. The summed E-state index contributed by atoms with van der Waals surface area (Å²) in [4.78, 5) is 64.2. The van der Waals surface area contributed by atoms with Crippen molar-refractivity contribution in [1.82, 2.24) is 5.32 Å². The summed E-state index contributed by atoms with van der Waals surface area (Å²) in [5.41, 5.74) is 5.07. The minimum atomic E-state index is -2.63. The molecule has 0 aromatic heterocycles. The Morgan fingerprint density at radius 1 is 1.00 bits per heavy atom. The maximum atomic E-state index is 13.6. The van der Waals surface area contributed by atoms with Gasteiger partial charge in [0.1, 0.15) is 5.75 Å². The van der Waals surface area contributed by atoms with Crippen LogP contribution in [0.5, 0.6) is 5.75 Å². The number of nitrogens with one attached hydrogen (secondary N) is 1. The minimum absolute atomic E-state index is 0.0106. The van der Waals surface area contributed by atoms with Crippen molar-refractivity contribution in [3.8, 4) is 5.75 Å². The number of aromatic hydroxyl groups is 1. The highest BCUT2D eigenvalue weighted by Gasteiger charge is 2.66. The number of hydrogen-bond acceptors (Lipinski definition) is 8. The molecule has 0 spiro atoms. The first-order valence-electron chi connectivity index (χ1n) is 11.9. The van der Waals surface area contributed by atoms with E-state index in [1.54, 1.807) is 6.07 Å². The number of carbonyl (C=O) groups excluding carboxylic acids is 5. The molecule has 2 fully saturated rings. The molecule has 0 heterocycles. The Hall–Kier alpha value is -3.69. The molecule has 0 bridgehead atoms. The highest BCUT2D eigenvalue weighted by Crippen LogP contribution is 2.50. The normalized spacial score (nSPS) is 29.4. The van der Waals surface area contributed by atoms with Gasteiger partial charge < -0.3 is 21.3 Å². The van der Waals surface area contributed by atoms with Gasteiger partial charge in [-0.05, 0) is 41.5 Å². The third-order valence-electron chi connectivity index (χ3n) is 7.87. The number of benzene rings is 2. The second-order valence-corrected chi connectivity index (χ2v) is 9.93. The summed E-state index contributed by atoms with van der Waals surface area (Å²) in [6.07, 6.45) is -0.00654. The summed E-state index contributed by atoms with van der Waals surface area (Å²) in [6.45, 7) is 1.01. The number of rotatable bonds is 5. The molecule has 5 atom stereocenters. The molecule has 2 unspecified atom stereocenters. The van der Waals surface area contributed by atoms with E-state index < -0.39 is 58.3 Å². The van der Waals surface area contributed by atoms with Crippen LogP contribution in [0.2, 0.25) is 0 Å². The summed E-state index contributed by atoms with van der Waals surface area (Å²) in [5.74, 6) is -10.0. The lowest BCUT2D eigenvalue weighted by molar-refractivity contribution is -0.175. The van der Waals surface area contributed by atoms with Gasteiger partial charge in [0.05, 0.1) is 11.5 Å². The lowest BCUT2D eigenvalue weighted by Crippen LogP contribution is -2.68. The summed E-state index contributed by atoms with van der Waals surface area (Å²) >= 11 is 0. The Bertz CT molecular complexity index is 1300. The van der Waals surface area contributed by atoms with Gasteiger partial charge in [-0.15, -0.1) is 0 Å². The first-order chi connectivity index (χ1) is 17.1. The van der Waals surface area contributed by atoms with E-state index in [-0.39, 0.29) is 30.6 Å². The molecule has 186 valence electrons. The molecule has 3 aliphatic carbocycles. The maximum Gasteiger partial charge on any atom is 0.235 e. The Balaban J connectivity index is 1.46. The predicted octanol–water partition coefficient (Wildman–Crippen LogP) is 0.617. The van der Waals surface area contributed by atoms with Crippen LogP contribution < -0.4 is 11.1 Å². The quantitative estimate of drug-likeness (QED) is 0.443. The fraction of sp³-hybridized carbons (Fsp3) is 0.370. The zero-order valence-corrected chi connectivity index (χ0v) is 19.4. The van der Waals surface area contributed by atoms with Crippen molar-refractivity contribution in [3.05, 3.63) is 64.7 Å². The molecule has 0 radical (unpaired) electrons. The van der Waals surface area contributed by atoms with Crippen LogP contribution in [0, 0.1) is 23.7 Å². The van der Waals surface area contributed by atoms with E-state index in [1.807, 2.05) is 30.3 Å². The van der Waals surface area contributed by atoms with Crippen molar-refractivity contribution in [2.24, 2.45) is 29.4 Å². The van der Waals surface area contributed by atoms with Gasteiger partial charge >= 0.3 is 0 Å². The lowest BCUT2D eigenvalue weighted by Gasteiger charge is -2.48. The van der Waals surface area contributed by atoms with E-state index in [9.17, 15) is 34.2 Å². The van der Waals surface area contributed by atoms with Crippen LogP contribution in [0.3, 0.4) is 0 Å². The third-order valence-corrected chi connectivity index (χ3v) is 7.87. The summed E-state index contributed by atoms with van der Waals surface area (Å²) in [5, 5.41) is 25.1. The zero-order valence-electron chi connectivity index (χ0n) is 19.4. The smallest absolute Gasteiger partial charge is 0.235 e. The number of primary amides is 1. The van der Waals surface area contributed by atoms with Crippen LogP contribution in [-0.4, -0.2) is 44.9 Å². The number of phenols is 1. The molecule has 0 saturated heterocycles. The molecular formula is C27H26N2O7. The fourth-order valence-corrected chi connectivity index (χ4v) is 6.13. The number of amides is 1. The monoisotopic (exact) mass is 490 g/mol. The van der Waals surface area contributed by atoms with Crippen molar-refractivity contribution in [1.29, 1.82) is 0 Å². The van der Waals surface area contributed by atoms with E-state index in [2.05, 4.69) is 5.32 Å². The standard InChI is InChI=1S/C27H26N2O7/c28-26(35)22-19(31)10-16-8-15-9-17-14(12-29-11-13-4-2-1-3-5-13)6-7-18(30)21(17)23(32)20(15)24(33)27(16,36)25(22)34/h1-7,15-16,20,22,29-30,36H,8-12H2,(H2,28,35)/t15-,16+,20?,22?,27+/m1/s1. The largest absolute Gasteiger partial charge is 0.507 e. The van der Waals surface area contributed by atoms with Crippen molar-refractivity contribution in [2.45, 2.75) is 38.0 Å². The molecule has 9 nitrogen and oxygen atoms in total. The van der Waals surface area contributed by atoms with E-state index in [1.165, 1.54) is 6.07 Å². The molecule has 1 amide bonds. The molecule has 36 heavy (non-hydrogen) atoms. The highest BCUT2D eigenvalue weighted by atomic mass is 16.3. The molecule has 0 aliphatic heterocycles. The van der Waals surface area contributed by atoms with Gasteiger partial charge in [0.2, 0.25) is 5.91 Å². The molecule has 9 heteroatoms. The van der Waals surface area contributed by atoms with E-state index in [4.69, 9.17) is 5.73 Å². The van der Waals surface area contributed by atoms with E-state index >= 15 is 0 Å². The van der Waals surface area contributed by atoms with Crippen LogP contribution in [0.25, 0.3) is 0 Å². The van der Waals surface area contributed by atoms with Gasteiger partial charge in [-0.3, -0.25) is 24.0 Å². The number of aliphatic hydroxyl groups is 1. The first kappa shape index (κ1) is 24.0. The number of nitrogens with two attached hydrogens (primary N) is 1. The Morgan fingerprint density at radius 3 is 2.42 bits per heavy atom. The predicted molar refractivity (Wildman–Crippen MR) is 125 cm³/mol. The minimum Gasteiger partial charge on any atom is -0.507 e. The van der Waals surface area contributed by atoms with Crippen molar-refractivity contribution < 1.29 is 34.2 Å². The van der Waals surface area contributed by atoms with Crippen LogP contribution in [-0.2, 0) is 38.7 Å². The molecule has 3 aliphatic rings. The molecule has 2 aromatic carbocycles. The highest BCUT2D eigenvalue weighted by molar-refractivity contribution is 6.31. The second kappa shape index (κ2) is 8.76. The molecule has 2 saturated carbocycles. The Kier molecular flexibility index (Phi) is 5.84. The maximum absolute atomic E-state index is 13.6. The summed E-state index contributed by atoms with van der Waals surface area (Å²) in [6, 6.07) is 12.9. The fourth-order valence-electron chi connectivity index (χ4n) is 6.13. The average Bonchev–Trinajstić information content (AvgIpc) is 2.83. The van der Waals surface area contributed by atoms with Gasteiger partial charge in [0, 0.05) is 25.4 Å². The van der Waals surface area contributed by atoms with Crippen molar-refractivity contribution in [3.63, 3.8) is 0 Å². The number of ketones is 4. The van der Waals surface area contributed by atoms with Gasteiger partial charge in [-0.1, -0.05) is 36.4 Å². The Morgan fingerprint density at radius 2 is 1.72 bits per heavy atom. The lowest BCUT2D eigenvalue weighted by atomic mass is 9.53. The average molecular weight is 491 g/mol. The van der Waals surface area contributed by atoms with Crippen molar-refractivity contribution >= 4 is 29.0 Å². The number of carbonyl (C=O) groups is 5. The molecule has 5 rings (SSSR count). The van der Waals surface area contributed by atoms with E-state index in [0.29, 0.717) is 18.7 Å². The van der Waals surface area contributed by atoms with Crippen LogP contribution in [0.1, 0.15) is 39.9 Å². The topological polar surface area (TPSA) is 164 Å². The van der Waals surface area contributed by atoms with Crippen molar-refractivity contribution in [2.75, 3.05) is 0 Å². The van der Waals surface area contributed by atoms with E-state index in [0.717, 1.165) is 11.1 Å². The van der Waals surface area contributed by atoms with Gasteiger partial charge in [0.25, 0.3) is 0 Å². The van der Waals surface area contributed by atoms with Crippen LogP contribution >= 0.6 is 0 Å². The number of fused-ring (bicyclic) bond motifs is 3. The first-order valence-corrected chi connectivity index (χ1v) is 11.9. The Labute approximate surface area is 206 Å². The number of phenolic OH excluding ortho intramolecular Hbond substituents is 1. The zero-order chi connectivity index (χ0) is 25.8. The number of hydrogen-bond donors (Lipinski definition) is 4. The summed E-state index contributed by atoms with van der Waals surface area (Å²) < 4.78 is 0. The van der Waals surface area contributed by atoms with Gasteiger partial charge in [-0.2, -0.15) is 0 Å². The van der Waals surface area contributed by atoms with Crippen LogP contribution in [0.4, 0.5) is 0 Å². The van der Waals surface area contributed by atoms with Crippen LogP contribution in [0.15, 0.2) is 42.5 Å². The van der Waals surface area contributed by atoms with Gasteiger partial charge in [0.15, 0.2) is 34.7 Å². The number of Topliss-reactive ketones (excluding diaryl/α,β-unsaturated/α-hetero) is 4. The molecule has 2 aromatic rings.